The second-order valence-corrected chi connectivity index (χ2v) is 11.9. The highest BCUT2D eigenvalue weighted by molar-refractivity contribution is 8.00. The van der Waals surface area contributed by atoms with Gasteiger partial charge in [0.1, 0.15) is 0 Å². The van der Waals surface area contributed by atoms with Crippen LogP contribution < -0.4 is 9.77 Å². The van der Waals surface area contributed by atoms with Gasteiger partial charge in [0, 0.05) is 33.5 Å². The van der Waals surface area contributed by atoms with Gasteiger partial charge in [-0.1, -0.05) is 29.0 Å². The molecule has 2 bridgehead atoms. The summed E-state index contributed by atoms with van der Waals surface area (Å²) in [6.07, 6.45) is 4.50. The van der Waals surface area contributed by atoms with Crippen LogP contribution >= 0.6 is 34.7 Å². The van der Waals surface area contributed by atoms with Gasteiger partial charge in [-0.25, -0.2) is 0 Å². The number of rotatable bonds is 2. The van der Waals surface area contributed by atoms with E-state index in [9.17, 15) is 14.4 Å². The van der Waals surface area contributed by atoms with Crippen LogP contribution in [0.1, 0.15) is 22.8 Å². The molecule has 2 aliphatic heterocycles. The third-order valence-corrected chi connectivity index (χ3v) is 10.7. The van der Waals surface area contributed by atoms with Crippen molar-refractivity contribution in [1.29, 1.82) is 0 Å². The number of carbonyl (C=O) groups is 2. The van der Waals surface area contributed by atoms with Gasteiger partial charge in [-0.15, -0.1) is 11.8 Å². The van der Waals surface area contributed by atoms with Crippen LogP contribution in [0.5, 0.6) is 0 Å². The van der Waals surface area contributed by atoms with Crippen molar-refractivity contribution in [3.63, 3.8) is 0 Å². The molecule has 33 heavy (non-hydrogen) atoms. The lowest BCUT2D eigenvalue weighted by molar-refractivity contribution is -0.123. The van der Waals surface area contributed by atoms with Crippen molar-refractivity contribution in [3.8, 4) is 0 Å². The fraction of sp³-hybridized carbons (Fsp3) is 0.333. The van der Waals surface area contributed by atoms with Crippen LogP contribution in [0.4, 0.5) is 5.69 Å². The number of aromatic nitrogens is 2. The number of nitrogens with one attached hydrogen (secondary N) is 1. The van der Waals surface area contributed by atoms with Crippen molar-refractivity contribution in [1.82, 2.24) is 9.97 Å². The first-order chi connectivity index (χ1) is 16.0. The van der Waals surface area contributed by atoms with Crippen LogP contribution in [0, 0.1) is 29.6 Å². The van der Waals surface area contributed by atoms with E-state index in [1.807, 2.05) is 12.3 Å². The minimum atomic E-state index is -0.309. The molecule has 2 amide bonds. The lowest BCUT2D eigenvalue weighted by Crippen LogP contribution is -2.42. The molecule has 0 spiro atoms. The van der Waals surface area contributed by atoms with Gasteiger partial charge >= 0.3 is 4.87 Å². The quantitative estimate of drug-likeness (QED) is 0.540. The highest BCUT2D eigenvalue weighted by Crippen LogP contribution is 2.68. The molecule has 0 radical (unpaired) electrons. The molecule has 2 aliphatic carbocycles. The number of thioether (sulfide) groups is 1. The van der Waals surface area contributed by atoms with Crippen molar-refractivity contribution in [2.24, 2.45) is 29.6 Å². The molecule has 2 aromatic heterocycles. The monoisotopic (exact) mass is 495 g/mol. The van der Waals surface area contributed by atoms with Gasteiger partial charge in [-0.3, -0.25) is 24.3 Å². The summed E-state index contributed by atoms with van der Waals surface area (Å²) in [7, 11) is 0. The summed E-state index contributed by atoms with van der Waals surface area (Å²) >= 11 is 8.98. The minimum absolute atomic E-state index is 0.00679. The van der Waals surface area contributed by atoms with Gasteiger partial charge in [-0.05, 0) is 60.1 Å². The number of H-pyrrole nitrogens is 1. The summed E-state index contributed by atoms with van der Waals surface area (Å²) < 4.78 is 0. The van der Waals surface area contributed by atoms with E-state index in [2.05, 4.69) is 16.0 Å². The van der Waals surface area contributed by atoms with E-state index in [1.165, 1.54) is 16.2 Å². The number of benzene rings is 1. The van der Waals surface area contributed by atoms with Gasteiger partial charge in [0.25, 0.3) is 0 Å². The van der Waals surface area contributed by atoms with E-state index in [-0.39, 0.29) is 57.4 Å². The van der Waals surface area contributed by atoms with Gasteiger partial charge in [0.15, 0.2) is 0 Å². The number of pyridine rings is 1. The Hall–Kier alpha value is -2.42. The maximum Gasteiger partial charge on any atom is 0.305 e. The average molecular weight is 496 g/mol. The normalized spacial score (nSPS) is 33.8. The van der Waals surface area contributed by atoms with Crippen LogP contribution in [0.25, 0.3) is 0 Å². The maximum atomic E-state index is 13.6. The fourth-order valence-electron chi connectivity index (χ4n) is 6.79. The van der Waals surface area contributed by atoms with Crippen molar-refractivity contribution < 1.29 is 9.59 Å². The Kier molecular flexibility index (Phi) is 4.27. The highest BCUT2D eigenvalue weighted by Gasteiger charge is 2.69. The second-order valence-electron chi connectivity index (χ2n) is 9.24. The van der Waals surface area contributed by atoms with Gasteiger partial charge in [-0.2, -0.15) is 0 Å². The van der Waals surface area contributed by atoms with E-state index in [0.29, 0.717) is 10.7 Å². The summed E-state index contributed by atoms with van der Waals surface area (Å²) in [5, 5.41) is 1.66. The van der Waals surface area contributed by atoms with E-state index in [4.69, 9.17) is 11.6 Å². The standard InChI is InChI=1S/C24H18ClN3O3S2/c25-11-3-5-12(6-4-11)28-22(29)17-13-8-14(18(17)23(28)30)19-16(13)15(10-2-1-7-26-9-10)20-21(32-19)27-24(31)33-20/h1-7,9,13-19H,8H2,(H,27,31)/t13-,14+,15-,16+,17+,18+,19-/m0/s1. The van der Waals surface area contributed by atoms with Crippen molar-refractivity contribution in [2.45, 2.75) is 22.6 Å². The molecule has 2 saturated carbocycles. The van der Waals surface area contributed by atoms with E-state index < -0.39 is 0 Å². The number of amides is 2. The first-order valence-electron chi connectivity index (χ1n) is 11.0. The summed E-state index contributed by atoms with van der Waals surface area (Å²) in [5.74, 6) is -0.396. The first kappa shape index (κ1) is 20.0. The molecule has 3 aromatic rings. The topological polar surface area (TPSA) is 83.1 Å². The summed E-state index contributed by atoms with van der Waals surface area (Å²) in [5.41, 5.74) is 1.66. The van der Waals surface area contributed by atoms with Crippen LogP contribution in [0.3, 0.4) is 0 Å². The van der Waals surface area contributed by atoms with Crippen molar-refractivity contribution in [2.75, 3.05) is 4.90 Å². The molecule has 6 nitrogen and oxygen atoms in total. The Labute approximate surface area is 202 Å². The third-order valence-electron chi connectivity index (χ3n) is 7.85. The number of hydrogen-bond acceptors (Lipinski definition) is 6. The SMILES string of the molecule is O=C1[C@@H]2[C@H]3C[C@@H]([C@@H]4Sc5[nH]c(=O)sc5[C@@H](c5cccnc5)[C@@H]34)[C@H]2C(=O)N1c1ccc(Cl)cc1. The number of imide groups is 1. The van der Waals surface area contributed by atoms with Gasteiger partial charge in [0.05, 0.1) is 22.5 Å². The van der Waals surface area contributed by atoms with Crippen LogP contribution in [0.15, 0.2) is 58.6 Å². The molecular weight excluding hydrogens is 478 g/mol. The smallest absolute Gasteiger partial charge is 0.305 e. The fourth-order valence-corrected chi connectivity index (χ4v) is 9.81. The highest BCUT2D eigenvalue weighted by atomic mass is 35.5. The Balaban J connectivity index is 1.33. The van der Waals surface area contributed by atoms with E-state index in [0.717, 1.165) is 21.9 Å². The van der Waals surface area contributed by atoms with E-state index >= 15 is 0 Å². The van der Waals surface area contributed by atoms with Crippen LogP contribution in [-0.2, 0) is 9.59 Å². The molecule has 1 saturated heterocycles. The zero-order chi connectivity index (χ0) is 22.4. The first-order valence-corrected chi connectivity index (χ1v) is 13.0. The molecule has 7 rings (SSSR count). The number of aromatic amines is 1. The van der Waals surface area contributed by atoms with Gasteiger partial charge < -0.3 is 4.98 Å². The predicted octanol–water partition coefficient (Wildman–Crippen LogP) is 4.16. The largest absolute Gasteiger partial charge is 0.307 e. The van der Waals surface area contributed by atoms with Crippen LogP contribution in [-0.4, -0.2) is 27.0 Å². The Morgan fingerprint density at radius 1 is 1.03 bits per heavy atom. The van der Waals surface area contributed by atoms with Gasteiger partial charge in [0.2, 0.25) is 11.8 Å². The predicted molar refractivity (Wildman–Crippen MR) is 127 cm³/mol. The summed E-state index contributed by atoms with van der Waals surface area (Å²) in [6.45, 7) is 0. The maximum absolute atomic E-state index is 13.6. The molecule has 4 aliphatic rings. The lowest BCUT2D eigenvalue weighted by Gasteiger charge is -2.42. The lowest BCUT2D eigenvalue weighted by atomic mass is 9.68. The average Bonchev–Trinajstić information content (AvgIpc) is 3.54. The molecule has 4 heterocycles. The number of nitrogens with zero attached hydrogens (tertiary/aromatic N) is 2. The van der Waals surface area contributed by atoms with Crippen LogP contribution in [0.2, 0.25) is 5.02 Å². The molecule has 3 fully saturated rings. The van der Waals surface area contributed by atoms with Crippen molar-refractivity contribution in [3.05, 3.63) is 73.9 Å². The Bertz CT molecular complexity index is 1360. The Morgan fingerprint density at radius 3 is 2.52 bits per heavy atom. The zero-order valence-electron chi connectivity index (χ0n) is 17.2. The number of fused-ring (bicyclic) bond motifs is 9. The molecule has 9 heteroatoms. The number of hydrogen-bond donors (Lipinski definition) is 1. The minimum Gasteiger partial charge on any atom is -0.307 e. The number of halogens is 1. The Morgan fingerprint density at radius 2 is 1.79 bits per heavy atom. The molecular formula is C24H18ClN3O3S2. The number of carbonyl (C=O) groups excluding carboxylic acids is 2. The number of thiazole rings is 1. The summed E-state index contributed by atoms with van der Waals surface area (Å²) in [4.78, 5) is 49.2. The van der Waals surface area contributed by atoms with E-state index in [1.54, 1.807) is 42.2 Å². The molecule has 7 atom stereocenters. The zero-order valence-corrected chi connectivity index (χ0v) is 19.6. The molecule has 0 unspecified atom stereocenters. The van der Waals surface area contributed by atoms with Crippen molar-refractivity contribution >= 4 is 52.2 Å². The molecule has 166 valence electrons. The number of anilines is 1. The summed E-state index contributed by atoms with van der Waals surface area (Å²) in [6, 6.07) is 10.9. The third kappa shape index (κ3) is 2.68. The molecule has 1 N–H and O–H groups in total. The molecule has 1 aromatic carbocycles. The second kappa shape index (κ2) is 7.04.